The molecule has 0 aliphatic carbocycles. The van der Waals surface area contributed by atoms with Gasteiger partial charge in [0.15, 0.2) is 0 Å². The Kier molecular flexibility index (Phi) is 28.6. The van der Waals surface area contributed by atoms with Gasteiger partial charge in [0, 0.05) is 0 Å². The summed E-state index contributed by atoms with van der Waals surface area (Å²) in [6, 6.07) is 0. The van der Waals surface area contributed by atoms with Crippen LogP contribution in [0.1, 0.15) is 157 Å². The van der Waals surface area contributed by atoms with Crippen LogP contribution in [0.15, 0.2) is 0 Å². The van der Waals surface area contributed by atoms with Crippen LogP contribution in [-0.2, 0) is 0 Å². The third-order valence-corrected chi connectivity index (χ3v) is 5.15. The van der Waals surface area contributed by atoms with Gasteiger partial charge in [-0.3, -0.25) is 0 Å². The maximum absolute atomic E-state index is 2.32. The molecule has 0 aromatic carbocycles. The van der Waals surface area contributed by atoms with Crippen LogP contribution in [0.4, 0.5) is 0 Å². The Labute approximate surface area is 163 Å². The highest BCUT2D eigenvalue weighted by Crippen LogP contribution is 2.24. The molecule has 0 fully saturated rings. The van der Waals surface area contributed by atoms with Crippen LogP contribution in [0.5, 0.6) is 0 Å². The first kappa shape index (κ1) is 27.2. The van der Waals surface area contributed by atoms with Crippen molar-refractivity contribution in [3.05, 3.63) is 0 Å². The van der Waals surface area contributed by atoms with Crippen LogP contribution >= 0.6 is 0 Å². The van der Waals surface area contributed by atoms with Crippen LogP contribution < -0.4 is 0 Å². The lowest BCUT2D eigenvalue weighted by molar-refractivity contribution is 0.367. The van der Waals surface area contributed by atoms with Gasteiger partial charge >= 0.3 is 0 Å². The molecule has 0 spiro atoms. The monoisotopic (exact) mass is 354 g/mol. The zero-order valence-corrected chi connectivity index (χ0v) is 19.0. The summed E-state index contributed by atoms with van der Waals surface area (Å²) < 4.78 is 0. The summed E-state index contributed by atoms with van der Waals surface area (Å²) in [6.45, 7) is 11.2. The van der Waals surface area contributed by atoms with Gasteiger partial charge in [-0.15, -0.1) is 0 Å². The Bertz CT molecular complexity index is 196. The summed E-state index contributed by atoms with van der Waals surface area (Å²) in [4.78, 5) is 0. The summed E-state index contributed by atoms with van der Waals surface area (Å²) >= 11 is 0. The largest absolute Gasteiger partial charge is 0.0656 e. The first-order valence-electron chi connectivity index (χ1n) is 12.3. The van der Waals surface area contributed by atoms with Crippen molar-refractivity contribution in [2.75, 3.05) is 0 Å². The summed E-state index contributed by atoms with van der Waals surface area (Å²) in [5.41, 5.74) is 0. The fourth-order valence-electron chi connectivity index (χ4n) is 3.54. The van der Waals surface area contributed by atoms with Crippen LogP contribution in [0, 0.1) is 5.92 Å². The Hall–Kier alpha value is 0. The molecule has 0 aliphatic rings. The fraction of sp³-hybridized carbons (Fsp3) is 1.00. The molecule has 0 heterocycles. The van der Waals surface area contributed by atoms with Crippen molar-refractivity contribution in [2.45, 2.75) is 157 Å². The minimum absolute atomic E-state index is 1.05. The molecule has 0 aliphatic heterocycles. The minimum atomic E-state index is 1.05. The molecule has 0 saturated carbocycles. The van der Waals surface area contributed by atoms with Crippen molar-refractivity contribution in [3.8, 4) is 0 Å². The van der Waals surface area contributed by atoms with Crippen molar-refractivity contribution in [3.63, 3.8) is 0 Å². The number of hydrogen-bond acceptors (Lipinski definition) is 0. The zero-order valence-electron chi connectivity index (χ0n) is 19.0. The molecule has 1 unspecified atom stereocenters. The highest BCUT2D eigenvalue weighted by molar-refractivity contribution is 4.62. The third-order valence-electron chi connectivity index (χ3n) is 5.15. The summed E-state index contributed by atoms with van der Waals surface area (Å²) in [6.07, 6.45) is 27.6. The number of rotatable bonds is 18. The van der Waals surface area contributed by atoms with Crippen LogP contribution in [-0.4, -0.2) is 0 Å². The predicted octanol–water partition coefficient (Wildman–Crippen LogP) is 10.1. The van der Waals surface area contributed by atoms with Gasteiger partial charge in [0.25, 0.3) is 0 Å². The Morgan fingerprint density at radius 3 is 0.920 bits per heavy atom. The highest BCUT2D eigenvalue weighted by atomic mass is 14.1. The standard InChI is InChI=1S/C22H46.C3H8/c1-4-7-10-13-15-18-21-22(19-16-12-9-6-3)20-17-14-11-8-5-2;1-3-2/h22H,4-21H2,1-3H3;3H2,1-2H3. The van der Waals surface area contributed by atoms with E-state index >= 15 is 0 Å². The van der Waals surface area contributed by atoms with Gasteiger partial charge < -0.3 is 0 Å². The SMILES string of the molecule is CCC.CCCCCCCCC(CCCCCC)CCCCCCC. The minimum Gasteiger partial charge on any atom is -0.0656 e. The highest BCUT2D eigenvalue weighted by Gasteiger charge is 2.08. The topological polar surface area (TPSA) is 0 Å². The molecule has 1 atom stereocenters. The second-order valence-corrected chi connectivity index (χ2v) is 8.18. The van der Waals surface area contributed by atoms with Crippen molar-refractivity contribution in [1.29, 1.82) is 0 Å². The Morgan fingerprint density at radius 1 is 0.360 bits per heavy atom. The van der Waals surface area contributed by atoms with Crippen molar-refractivity contribution in [1.82, 2.24) is 0 Å². The molecule has 0 rings (SSSR count). The van der Waals surface area contributed by atoms with Gasteiger partial charge in [-0.05, 0) is 5.92 Å². The van der Waals surface area contributed by atoms with E-state index in [9.17, 15) is 0 Å². The normalized spacial score (nSPS) is 11.9. The molecule has 0 bridgehead atoms. The molecule has 0 radical (unpaired) electrons. The molecular weight excluding hydrogens is 300 g/mol. The fourth-order valence-corrected chi connectivity index (χ4v) is 3.54. The molecule has 25 heavy (non-hydrogen) atoms. The van der Waals surface area contributed by atoms with E-state index < -0.39 is 0 Å². The first-order valence-corrected chi connectivity index (χ1v) is 12.3. The Balaban J connectivity index is 0. The maximum atomic E-state index is 2.32. The molecule has 0 heteroatoms. The second-order valence-electron chi connectivity index (χ2n) is 8.18. The van der Waals surface area contributed by atoms with Gasteiger partial charge in [0.2, 0.25) is 0 Å². The average molecular weight is 355 g/mol. The zero-order chi connectivity index (χ0) is 19.0. The lowest BCUT2D eigenvalue weighted by Gasteiger charge is -2.17. The third kappa shape index (κ3) is 26.3. The van der Waals surface area contributed by atoms with E-state index in [1.54, 1.807) is 0 Å². The van der Waals surface area contributed by atoms with E-state index in [-0.39, 0.29) is 0 Å². The molecule has 0 amide bonds. The van der Waals surface area contributed by atoms with Crippen LogP contribution in [0.2, 0.25) is 0 Å². The van der Waals surface area contributed by atoms with E-state index in [2.05, 4.69) is 34.6 Å². The summed E-state index contributed by atoms with van der Waals surface area (Å²) in [7, 11) is 0. The lowest BCUT2D eigenvalue weighted by atomic mass is 9.89. The van der Waals surface area contributed by atoms with E-state index in [0.717, 1.165) is 5.92 Å². The average Bonchev–Trinajstić information content (AvgIpc) is 2.61. The maximum Gasteiger partial charge on any atom is -0.0414 e. The number of unbranched alkanes of at least 4 members (excludes halogenated alkanes) is 12. The summed E-state index contributed by atoms with van der Waals surface area (Å²) in [5.74, 6) is 1.05. The molecule has 154 valence electrons. The van der Waals surface area contributed by atoms with E-state index in [1.165, 1.54) is 122 Å². The van der Waals surface area contributed by atoms with Gasteiger partial charge in [-0.1, -0.05) is 157 Å². The van der Waals surface area contributed by atoms with Crippen molar-refractivity contribution < 1.29 is 0 Å². The molecule has 0 nitrogen and oxygen atoms in total. The van der Waals surface area contributed by atoms with Crippen molar-refractivity contribution >= 4 is 0 Å². The molecule has 0 aromatic rings. The Morgan fingerprint density at radius 2 is 0.600 bits per heavy atom. The molecule has 0 aromatic heterocycles. The van der Waals surface area contributed by atoms with E-state index in [0.29, 0.717) is 0 Å². The van der Waals surface area contributed by atoms with Gasteiger partial charge in [0.05, 0.1) is 0 Å². The van der Waals surface area contributed by atoms with Gasteiger partial charge in [0.1, 0.15) is 0 Å². The predicted molar refractivity (Wildman–Crippen MR) is 120 cm³/mol. The van der Waals surface area contributed by atoms with Crippen LogP contribution in [0.3, 0.4) is 0 Å². The number of hydrogen-bond donors (Lipinski definition) is 0. The van der Waals surface area contributed by atoms with Crippen molar-refractivity contribution in [2.24, 2.45) is 5.92 Å². The van der Waals surface area contributed by atoms with E-state index in [4.69, 9.17) is 0 Å². The lowest BCUT2D eigenvalue weighted by Crippen LogP contribution is -2.01. The molecular formula is C25H54. The van der Waals surface area contributed by atoms with Gasteiger partial charge in [-0.2, -0.15) is 0 Å². The van der Waals surface area contributed by atoms with Crippen LogP contribution in [0.25, 0.3) is 0 Å². The summed E-state index contributed by atoms with van der Waals surface area (Å²) in [5, 5.41) is 0. The first-order chi connectivity index (χ1) is 12.3. The molecule has 0 saturated heterocycles. The van der Waals surface area contributed by atoms with Gasteiger partial charge in [-0.25, -0.2) is 0 Å². The molecule has 0 N–H and O–H groups in total. The van der Waals surface area contributed by atoms with E-state index in [1.807, 2.05) is 0 Å². The second kappa shape index (κ2) is 26.2. The smallest absolute Gasteiger partial charge is 0.0414 e. The quantitative estimate of drug-likeness (QED) is 0.215.